The van der Waals surface area contributed by atoms with Gasteiger partial charge in [0.25, 0.3) is 0 Å². The molecule has 94 valence electrons. The Labute approximate surface area is 101 Å². The zero-order valence-corrected chi connectivity index (χ0v) is 10.3. The van der Waals surface area contributed by atoms with E-state index in [9.17, 15) is 4.79 Å². The lowest BCUT2D eigenvalue weighted by Gasteiger charge is -2.29. The van der Waals surface area contributed by atoms with Crippen LogP contribution in [0.25, 0.3) is 0 Å². The van der Waals surface area contributed by atoms with Gasteiger partial charge >= 0.3 is 5.97 Å². The molecule has 0 amide bonds. The second-order valence-corrected chi connectivity index (χ2v) is 4.41. The predicted octanol–water partition coefficient (Wildman–Crippen LogP) is 0.676. The minimum absolute atomic E-state index is 0.0899. The maximum atomic E-state index is 11.9. The molecule has 0 aromatic carbocycles. The van der Waals surface area contributed by atoms with Crippen LogP contribution in [0.1, 0.15) is 24.8 Å². The van der Waals surface area contributed by atoms with Crippen molar-refractivity contribution in [1.29, 1.82) is 0 Å². The van der Waals surface area contributed by atoms with Gasteiger partial charge in [0.05, 0.1) is 18.7 Å². The van der Waals surface area contributed by atoms with E-state index in [0.717, 1.165) is 18.5 Å². The quantitative estimate of drug-likeness (QED) is 0.785. The number of piperidine rings is 1. The molecule has 0 aliphatic carbocycles. The van der Waals surface area contributed by atoms with Gasteiger partial charge in [-0.15, -0.1) is 0 Å². The lowest BCUT2D eigenvalue weighted by molar-refractivity contribution is -0.149. The maximum absolute atomic E-state index is 11.9. The van der Waals surface area contributed by atoms with Crippen molar-refractivity contribution < 1.29 is 9.53 Å². The highest BCUT2D eigenvalue weighted by Crippen LogP contribution is 2.30. The third-order valence-electron chi connectivity index (χ3n) is 3.22. The lowest BCUT2D eigenvalue weighted by atomic mass is 9.82. The molecule has 1 aromatic rings. The fourth-order valence-electron chi connectivity index (χ4n) is 2.39. The Morgan fingerprint density at radius 3 is 3.18 bits per heavy atom. The van der Waals surface area contributed by atoms with Gasteiger partial charge < -0.3 is 10.1 Å². The highest BCUT2D eigenvalue weighted by atomic mass is 16.5. The van der Waals surface area contributed by atoms with Crippen LogP contribution in [0.5, 0.6) is 0 Å². The molecule has 1 aliphatic heterocycles. The number of hydrogen-bond donors (Lipinski definition) is 1. The van der Waals surface area contributed by atoms with Gasteiger partial charge in [-0.05, 0) is 25.5 Å². The number of aromatic nitrogens is 2. The Morgan fingerprint density at radius 2 is 2.53 bits per heavy atom. The summed E-state index contributed by atoms with van der Waals surface area (Å²) < 4.78 is 6.91. The van der Waals surface area contributed by atoms with Gasteiger partial charge in [-0.1, -0.05) is 0 Å². The second kappa shape index (κ2) is 5.31. The average Bonchev–Trinajstić information content (AvgIpc) is 2.76. The number of carbonyl (C=O) groups excluding carboxylic acids is 1. The maximum Gasteiger partial charge on any atom is 0.310 e. The number of hydrogen-bond acceptors (Lipinski definition) is 4. The molecule has 0 bridgehead atoms. The number of nitrogens with zero attached hydrogens (tertiary/aromatic N) is 2. The SMILES string of the molecule is CCOC(=O)[C@@H]1CNCC[C@H]1c1cnn(C)c1. The summed E-state index contributed by atoms with van der Waals surface area (Å²) in [6.07, 6.45) is 4.79. The molecule has 0 radical (unpaired) electrons. The van der Waals surface area contributed by atoms with Crippen LogP contribution >= 0.6 is 0 Å². The summed E-state index contributed by atoms with van der Waals surface area (Å²) in [5.74, 6) is 0.0328. The fourth-order valence-corrected chi connectivity index (χ4v) is 2.39. The van der Waals surface area contributed by atoms with Crippen LogP contribution in [-0.4, -0.2) is 35.4 Å². The fraction of sp³-hybridized carbons (Fsp3) is 0.667. The lowest BCUT2D eigenvalue weighted by Crippen LogP contribution is -2.40. The van der Waals surface area contributed by atoms with E-state index < -0.39 is 0 Å². The normalized spacial score (nSPS) is 24.6. The van der Waals surface area contributed by atoms with Crippen LogP contribution in [0.3, 0.4) is 0 Å². The number of rotatable bonds is 3. The number of nitrogens with one attached hydrogen (secondary N) is 1. The third kappa shape index (κ3) is 2.66. The average molecular weight is 237 g/mol. The van der Waals surface area contributed by atoms with E-state index in [1.165, 1.54) is 0 Å². The van der Waals surface area contributed by atoms with E-state index in [1.54, 1.807) is 4.68 Å². The summed E-state index contributed by atoms with van der Waals surface area (Å²) in [7, 11) is 1.89. The molecule has 1 fully saturated rings. The monoisotopic (exact) mass is 237 g/mol. The summed E-state index contributed by atoms with van der Waals surface area (Å²) in [6.45, 7) is 3.91. The number of ether oxygens (including phenoxy) is 1. The molecule has 1 aliphatic rings. The highest BCUT2D eigenvalue weighted by molar-refractivity contribution is 5.74. The van der Waals surface area contributed by atoms with Gasteiger partial charge in [-0.2, -0.15) is 5.10 Å². The number of esters is 1. The predicted molar refractivity (Wildman–Crippen MR) is 63.6 cm³/mol. The first-order valence-corrected chi connectivity index (χ1v) is 6.08. The van der Waals surface area contributed by atoms with Crippen LogP contribution in [0, 0.1) is 5.92 Å². The summed E-state index contributed by atoms with van der Waals surface area (Å²) in [5, 5.41) is 7.43. The van der Waals surface area contributed by atoms with Gasteiger partial charge in [0.15, 0.2) is 0 Å². The summed E-state index contributed by atoms with van der Waals surface area (Å²) >= 11 is 0. The van der Waals surface area contributed by atoms with E-state index in [2.05, 4.69) is 10.4 Å². The molecule has 2 heterocycles. The smallest absolute Gasteiger partial charge is 0.310 e. The van der Waals surface area contributed by atoms with Crippen molar-refractivity contribution in [2.24, 2.45) is 13.0 Å². The molecule has 1 aromatic heterocycles. The van der Waals surface area contributed by atoms with Crippen LogP contribution in [0.15, 0.2) is 12.4 Å². The van der Waals surface area contributed by atoms with Crippen molar-refractivity contribution in [3.05, 3.63) is 18.0 Å². The summed E-state index contributed by atoms with van der Waals surface area (Å²) in [5.41, 5.74) is 1.13. The molecule has 1 saturated heterocycles. The van der Waals surface area contributed by atoms with Crippen molar-refractivity contribution in [2.45, 2.75) is 19.3 Å². The molecule has 0 unspecified atom stereocenters. The molecule has 1 N–H and O–H groups in total. The highest BCUT2D eigenvalue weighted by Gasteiger charge is 2.33. The van der Waals surface area contributed by atoms with Crippen LogP contribution in [-0.2, 0) is 16.6 Å². The second-order valence-electron chi connectivity index (χ2n) is 4.41. The van der Waals surface area contributed by atoms with E-state index in [0.29, 0.717) is 13.2 Å². The topological polar surface area (TPSA) is 56.1 Å². The Kier molecular flexibility index (Phi) is 3.78. The molecular weight excluding hydrogens is 218 g/mol. The summed E-state index contributed by atoms with van der Waals surface area (Å²) in [4.78, 5) is 11.9. The van der Waals surface area contributed by atoms with Gasteiger partial charge in [0.2, 0.25) is 0 Å². The third-order valence-corrected chi connectivity index (χ3v) is 3.22. The molecule has 2 atom stereocenters. The Hall–Kier alpha value is -1.36. The standard InChI is InChI=1S/C12H19N3O2/c1-3-17-12(16)11-7-13-5-4-10(11)9-6-14-15(2)8-9/h6,8,10-11,13H,3-5,7H2,1-2H3/t10-,11+/m0/s1. The molecule has 5 nitrogen and oxygen atoms in total. The van der Waals surface area contributed by atoms with Gasteiger partial charge in [-0.25, -0.2) is 0 Å². The number of aryl methyl sites for hydroxylation is 1. The molecule has 5 heteroatoms. The van der Waals surface area contributed by atoms with E-state index in [-0.39, 0.29) is 17.8 Å². The minimum Gasteiger partial charge on any atom is -0.466 e. The van der Waals surface area contributed by atoms with Gasteiger partial charge in [0.1, 0.15) is 0 Å². The first kappa shape index (κ1) is 12.1. The van der Waals surface area contributed by atoms with E-state index in [4.69, 9.17) is 4.74 Å². The zero-order chi connectivity index (χ0) is 12.3. The van der Waals surface area contributed by atoms with Crippen LogP contribution < -0.4 is 5.32 Å². The van der Waals surface area contributed by atoms with Crippen molar-refractivity contribution in [2.75, 3.05) is 19.7 Å². The van der Waals surface area contributed by atoms with Crippen LogP contribution in [0.4, 0.5) is 0 Å². The molecule has 2 rings (SSSR count). The largest absolute Gasteiger partial charge is 0.466 e. The summed E-state index contributed by atoms with van der Waals surface area (Å²) in [6, 6.07) is 0. The minimum atomic E-state index is -0.103. The molecule has 17 heavy (non-hydrogen) atoms. The molecule has 0 spiro atoms. The van der Waals surface area contributed by atoms with E-state index >= 15 is 0 Å². The number of carbonyl (C=O) groups is 1. The van der Waals surface area contributed by atoms with E-state index in [1.807, 2.05) is 26.4 Å². The molecule has 0 saturated carbocycles. The van der Waals surface area contributed by atoms with Crippen LogP contribution in [0.2, 0.25) is 0 Å². The zero-order valence-electron chi connectivity index (χ0n) is 10.3. The Morgan fingerprint density at radius 1 is 1.71 bits per heavy atom. The van der Waals surface area contributed by atoms with Crippen molar-refractivity contribution in [1.82, 2.24) is 15.1 Å². The van der Waals surface area contributed by atoms with Crippen molar-refractivity contribution >= 4 is 5.97 Å². The van der Waals surface area contributed by atoms with Gasteiger partial charge in [0, 0.05) is 25.7 Å². The first-order valence-electron chi connectivity index (χ1n) is 6.08. The van der Waals surface area contributed by atoms with Crippen molar-refractivity contribution in [3.8, 4) is 0 Å². The Balaban J connectivity index is 2.14. The Bertz CT molecular complexity index is 389. The van der Waals surface area contributed by atoms with Gasteiger partial charge in [-0.3, -0.25) is 9.48 Å². The molecular formula is C12H19N3O2. The van der Waals surface area contributed by atoms with Crippen molar-refractivity contribution in [3.63, 3.8) is 0 Å². The first-order chi connectivity index (χ1) is 8.22.